The molecule has 0 saturated carbocycles. The summed E-state index contributed by atoms with van der Waals surface area (Å²) in [5.74, 6) is 1.09. The molecule has 0 aromatic carbocycles. The van der Waals surface area contributed by atoms with Crippen molar-refractivity contribution >= 4 is 0 Å². The first kappa shape index (κ1) is 12.9. The summed E-state index contributed by atoms with van der Waals surface area (Å²) in [6.07, 6.45) is 10.2. The second-order valence-corrected chi connectivity index (χ2v) is 4.64. The lowest BCUT2D eigenvalue weighted by atomic mass is 10.1. The second-order valence-electron chi connectivity index (χ2n) is 4.64. The lowest BCUT2D eigenvalue weighted by Gasteiger charge is -2.08. The van der Waals surface area contributed by atoms with Crippen LogP contribution in [0.5, 0.6) is 0 Å². The lowest BCUT2D eigenvalue weighted by molar-refractivity contribution is 0.628. The number of aryl methyl sites for hydroxylation is 1. The summed E-state index contributed by atoms with van der Waals surface area (Å²) in [5, 5.41) is 0. The van der Waals surface area contributed by atoms with Gasteiger partial charge in [-0.05, 0) is 25.0 Å². The monoisotopic (exact) mass is 246 g/mol. The van der Waals surface area contributed by atoms with Gasteiger partial charge in [-0.2, -0.15) is 0 Å². The molecule has 0 radical (unpaired) electrons. The predicted octanol–water partition coefficient (Wildman–Crippen LogP) is 2.55. The summed E-state index contributed by atoms with van der Waals surface area (Å²) in [6.45, 7) is 6.05. The molecule has 0 spiro atoms. The Labute approximate surface area is 108 Å². The van der Waals surface area contributed by atoms with Gasteiger partial charge in [0.15, 0.2) is 0 Å². The molecule has 0 fully saturated rings. The minimum atomic E-state index is 0.155. The van der Waals surface area contributed by atoms with E-state index in [2.05, 4.69) is 46.4 Å². The molecule has 0 aliphatic rings. The van der Waals surface area contributed by atoms with Crippen LogP contribution in [0.25, 0.3) is 0 Å². The molecule has 1 unspecified atom stereocenters. The van der Waals surface area contributed by atoms with Crippen molar-refractivity contribution in [1.29, 1.82) is 0 Å². The molecular formula is C14H22N4. The molecule has 2 rings (SSSR count). The summed E-state index contributed by atoms with van der Waals surface area (Å²) in [5.41, 5.74) is 7.33. The van der Waals surface area contributed by atoms with Crippen molar-refractivity contribution in [2.75, 3.05) is 0 Å². The maximum Gasteiger partial charge on any atom is 0.128 e. The standard InChI is InChI=1S/C14H22N4/c1-3-5-13(15)12-6-8-17(10-12)11-14-16-7-9-18(14)4-2/h6-10,13H,3-5,11,15H2,1-2H3. The quantitative estimate of drug-likeness (QED) is 0.851. The molecule has 2 aromatic rings. The van der Waals surface area contributed by atoms with Crippen LogP contribution in [-0.4, -0.2) is 14.1 Å². The summed E-state index contributed by atoms with van der Waals surface area (Å²) in [6, 6.07) is 2.27. The molecule has 0 bridgehead atoms. The fourth-order valence-corrected chi connectivity index (χ4v) is 2.20. The molecule has 2 aromatic heterocycles. The van der Waals surface area contributed by atoms with Gasteiger partial charge >= 0.3 is 0 Å². The number of imidazole rings is 1. The van der Waals surface area contributed by atoms with Crippen molar-refractivity contribution in [1.82, 2.24) is 14.1 Å². The minimum absolute atomic E-state index is 0.155. The van der Waals surface area contributed by atoms with Crippen LogP contribution in [0, 0.1) is 0 Å². The van der Waals surface area contributed by atoms with Crippen LogP contribution in [0.15, 0.2) is 30.9 Å². The van der Waals surface area contributed by atoms with Crippen LogP contribution >= 0.6 is 0 Å². The van der Waals surface area contributed by atoms with Crippen molar-refractivity contribution in [2.45, 2.75) is 45.8 Å². The third-order valence-corrected chi connectivity index (χ3v) is 3.27. The molecular weight excluding hydrogens is 224 g/mol. The van der Waals surface area contributed by atoms with E-state index in [9.17, 15) is 0 Å². The Morgan fingerprint density at radius 3 is 2.89 bits per heavy atom. The van der Waals surface area contributed by atoms with Crippen molar-refractivity contribution in [3.63, 3.8) is 0 Å². The molecule has 2 heterocycles. The third kappa shape index (κ3) is 2.82. The van der Waals surface area contributed by atoms with Gasteiger partial charge in [0, 0.05) is 37.4 Å². The fraction of sp³-hybridized carbons (Fsp3) is 0.500. The molecule has 4 nitrogen and oxygen atoms in total. The molecule has 98 valence electrons. The number of rotatable bonds is 6. The maximum atomic E-state index is 6.11. The highest BCUT2D eigenvalue weighted by Crippen LogP contribution is 2.16. The highest BCUT2D eigenvalue weighted by atomic mass is 15.1. The van der Waals surface area contributed by atoms with Gasteiger partial charge in [0.25, 0.3) is 0 Å². The van der Waals surface area contributed by atoms with Gasteiger partial charge in [-0.3, -0.25) is 0 Å². The first-order valence-corrected chi connectivity index (χ1v) is 6.65. The van der Waals surface area contributed by atoms with Crippen LogP contribution in [0.3, 0.4) is 0 Å². The molecule has 0 saturated heterocycles. The summed E-state index contributed by atoms with van der Waals surface area (Å²) in [4.78, 5) is 4.38. The van der Waals surface area contributed by atoms with E-state index in [1.807, 2.05) is 12.4 Å². The zero-order chi connectivity index (χ0) is 13.0. The van der Waals surface area contributed by atoms with Crippen LogP contribution in [0.1, 0.15) is 44.1 Å². The number of hydrogen-bond donors (Lipinski definition) is 1. The van der Waals surface area contributed by atoms with E-state index in [1.54, 1.807) is 0 Å². The Balaban J connectivity index is 2.07. The Morgan fingerprint density at radius 1 is 1.33 bits per heavy atom. The maximum absolute atomic E-state index is 6.11. The summed E-state index contributed by atoms with van der Waals surface area (Å²) < 4.78 is 4.31. The Bertz CT molecular complexity index is 483. The first-order chi connectivity index (χ1) is 8.74. The fourth-order valence-electron chi connectivity index (χ4n) is 2.20. The van der Waals surface area contributed by atoms with Gasteiger partial charge in [-0.15, -0.1) is 0 Å². The smallest absolute Gasteiger partial charge is 0.128 e. The Hall–Kier alpha value is -1.55. The number of aromatic nitrogens is 3. The van der Waals surface area contributed by atoms with Gasteiger partial charge in [0.1, 0.15) is 5.82 Å². The molecule has 18 heavy (non-hydrogen) atoms. The van der Waals surface area contributed by atoms with E-state index >= 15 is 0 Å². The summed E-state index contributed by atoms with van der Waals surface area (Å²) in [7, 11) is 0. The highest BCUT2D eigenvalue weighted by molar-refractivity contribution is 5.15. The SMILES string of the molecule is CCCC(N)c1ccn(Cc2nccn2CC)c1. The van der Waals surface area contributed by atoms with E-state index in [0.717, 1.165) is 31.8 Å². The van der Waals surface area contributed by atoms with E-state index in [4.69, 9.17) is 5.73 Å². The topological polar surface area (TPSA) is 48.8 Å². The number of nitrogens with zero attached hydrogens (tertiary/aromatic N) is 3. The molecule has 0 aliphatic heterocycles. The van der Waals surface area contributed by atoms with Crippen molar-refractivity contribution in [3.8, 4) is 0 Å². The summed E-state index contributed by atoms with van der Waals surface area (Å²) >= 11 is 0. The average Bonchev–Trinajstić information content (AvgIpc) is 2.99. The third-order valence-electron chi connectivity index (χ3n) is 3.27. The van der Waals surface area contributed by atoms with Crippen molar-refractivity contribution < 1.29 is 0 Å². The van der Waals surface area contributed by atoms with Crippen LogP contribution in [-0.2, 0) is 13.1 Å². The van der Waals surface area contributed by atoms with Crippen LogP contribution in [0.4, 0.5) is 0 Å². The van der Waals surface area contributed by atoms with Crippen LogP contribution < -0.4 is 5.73 Å². The normalized spacial score (nSPS) is 12.8. The van der Waals surface area contributed by atoms with Crippen molar-refractivity contribution in [2.24, 2.45) is 5.73 Å². The Kier molecular flexibility index (Phi) is 4.20. The molecule has 1 atom stereocenters. The van der Waals surface area contributed by atoms with E-state index < -0.39 is 0 Å². The zero-order valence-corrected chi connectivity index (χ0v) is 11.2. The molecule has 0 amide bonds. The lowest BCUT2D eigenvalue weighted by Crippen LogP contribution is -2.09. The van der Waals surface area contributed by atoms with E-state index in [0.29, 0.717) is 0 Å². The van der Waals surface area contributed by atoms with Gasteiger partial charge in [-0.1, -0.05) is 13.3 Å². The van der Waals surface area contributed by atoms with Crippen molar-refractivity contribution in [3.05, 3.63) is 42.2 Å². The zero-order valence-electron chi connectivity index (χ0n) is 11.2. The van der Waals surface area contributed by atoms with E-state index in [1.165, 1.54) is 5.56 Å². The number of hydrogen-bond acceptors (Lipinski definition) is 2. The second kappa shape index (κ2) is 5.87. The first-order valence-electron chi connectivity index (χ1n) is 6.65. The predicted molar refractivity (Wildman–Crippen MR) is 73.3 cm³/mol. The molecule has 0 aliphatic carbocycles. The highest BCUT2D eigenvalue weighted by Gasteiger charge is 2.08. The number of nitrogens with two attached hydrogens (primary N) is 1. The average molecular weight is 246 g/mol. The molecule has 4 heteroatoms. The largest absolute Gasteiger partial charge is 0.346 e. The minimum Gasteiger partial charge on any atom is -0.346 e. The van der Waals surface area contributed by atoms with Gasteiger partial charge in [0.05, 0.1) is 6.54 Å². The van der Waals surface area contributed by atoms with Gasteiger partial charge in [-0.25, -0.2) is 4.98 Å². The molecule has 2 N–H and O–H groups in total. The van der Waals surface area contributed by atoms with Crippen LogP contribution in [0.2, 0.25) is 0 Å². The van der Waals surface area contributed by atoms with Gasteiger partial charge < -0.3 is 14.9 Å². The van der Waals surface area contributed by atoms with E-state index in [-0.39, 0.29) is 6.04 Å². The van der Waals surface area contributed by atoms with Gasteiger partial charge in [0.2, 0.25) is 0 Å². The Morgan fingerprint density at radius 2 is 2.17 bits per heavy atom.